The van der Waals surface area contributed by atoms with Crippen molar-refractivity contribution in [2.45, 2.75) is 12.2 Å². The van der Waals surface area contributed by atoms with Crippen LogP contribution in [0.15, 0.2) is 42.5 Å². The van der Waals surface area contributed by atoms with Gasteiger partial charge in [0.15, 0.2) is 11.5 Å². The summed E-state index contributed by atoms with van der Waals surface area (Å²) in [5.74, 6) is -0.840. The van der Waals surface area contributed by atoms with Crippen LogP contribution in [0, 0.1) is 5.82 Å². The number of nitrogens with one attached hydrogen (secondary N) is 1. The summed E-state index contributed by atoms with van der Waals surface area (Å²) in [7, 11) is 4.32. The summed E-state index contributed by atoms with van der Waals surface area (Å²) in [6, 6.07) is 7.97. The van der Waals surface area contributed by atoms with E-state index < -0.39 is 23.9 Å². The lowest BCUT2D eigenvalue weighted by Gasteiger charge is -2.25. The molecule has 32 heavy (non-hydrogen) atoms. The Hall–Kier alpha value is -3.76. The number of hydrogen-bond acceptors (Lipinski definition) is 6. The van der Waals surface area contributed by atoms with Gasteiger partial charge in [-0.2, -0.15) is 18.2 Å². The molecular formula is C21H18F4N4O3. The highest BCUT2D eigenvalue weighted by Gasteiger charge is 2.39. The van der Waals surface area contributed by atoms with Crippen molar-refractivity contribution < 1.29 is 31.8 Å². The fourth-order valence-electron chi connectivity index (χ4n) is 3.42. The van der Waals surface area contributed by atoms with E-state index in [9.17, 15) is 17.6 Å². The first-order chi connectivity index (χ1) is 15.2. The van der Waals surface area contributed by atoms with Crippen molar-refractivity contribution in [1.29, 1.82) is 0 Å². The standard InChI is InChI=1S/C21H18F4N4O3/c1-30-16-8-12(9-17(31-2)18(16)32-3)15-10-14(11-4-6-13(22)7-5-11)26-20-27-19(21(23,24)25)28-29(15)20/h4-10,15H,1-3H3,(H,26,27,28)/t15-/m1/s1. The van der Waals surface area contributed by atoms with Crippen LogP contribution in [0.2, 0.25) is 0 Å². The van der Waals surface area contributed by atoms with Crippen molar-refractivity contribution in [2.24, 2.45) is 0 Å². The molecule has 1 N–H and O–H groups in total. The van der Waals surface area contributed by atoms with Crippen LogP contribution in [-0.4, -0.2) is 36.1 Å². The molecule has 0 unspecified atom stereocenters. The number of methoxy groups -OCH3 is 3. The molecule has 7 nitrogen and oxygen atoms in total. The molecule has 2 aromatic carbocycles. The SMILES string of the molecule is COc1cc([C@H]2C=C(c3ccc(F)cc3)Nc3nc(C(F)(F)F)nn32)cc(OC)c1OC. The second kappa shape index (κ2) is 8.06. The number of allylic oxidation sites excluding steroid dienone is 1. The van der Waals surface area contributed by atoms with Crippen LogP contribution in [0.1, 0.15) is 23.0 Å². The van der Waals surface area contributed by atoms with Crippen molar-refractivity contribution in [3.63, 3.8) is 0 Å². The molecule has 0 saturated carbocycles. The summed E-state index contributed by atoms with van der Waals surface area (Å²) in [5.41, 5.74) is 1.52. The van der Waals surface area contributed by atoms with Gasteiger partial charge in [-0.25, -0.2) is 9.07 Å². The van der Waals surface area contributed by atoms with Crippen LogP contribution in [0.4, 0.5) is 23.5 Å². The maximum Gasteiger partial charge on any atom is 0.453 e. The van der Waals surface area contributed by atoms with Crippen molar-refractivity contribution in [1.82, 2.24) is 14.8 Å². The largest absolute Gasteiger partial charge is 0.493 e. The minimum absolute atomic E-state index is 0.113. The fraction of sp³-hybridized carbons (Fsp3) is 0.238. The minimum atomic E-state index is -4.73. The van der Waals surface area contributed by atoms with Gasteiger partial charge in [-0.15, -0.1) is 5.10 Å². The lowest BCUT2D eigenvalue weighted by Crippen LogP contribution is -2.20. The molecular weight excluding hydrogens is 432 g/mol. The number of rotatable bonds is 5. The maximum absolute atomic E-state index is 13.4. The van der Waals surface area contributed by atoms with Crippen LogP contribution < -0.4 is 19.5 Å². The second-order valence-electron chi connectivity index (χ2n) is 6.82. The number of alkyl halides is 3. The highest BCUT2D eigenvalue weighted by atomic mass is 19.4. The third-order valence-corrected chi connectivity index (χ3v) is 4.90. The number of aromatic nitrogens is 3. The van der Waals surface area contributed by atoms with Crippen molar-refractivity contribution in [3.8, 4) is 17.2 Å². The Morgan fingerprint density at radius 2 is 1.59 bits per heavy atom. The molecule has 0 spiro atoms. The lowest BCUT2D eigenvalue weighted by atomic mass is 10.0. The van der Waals surface area contributed by atoms with Crippen LogP contribution in [0.3, 0.4) is 0 Å². The number of hydrogen-bond donors (Lipinski definition) is 1. The monoisotopic (exact) mass is 450 g/mol. The number of nitrogens with zero attached hydrogens (tertiary/aromatic N) is 3. The van der Waals surface area contributed by atoms with Gasteiger partial charge in [0.2, 0.25) is 11.7 Å². The Balaban J connectivity index is 1.90. The van der Waals surface area contributed by atoms with Gasteiger partial charge >= 0.3 is 6.18 Å². The maximum atomic E-state index is 13.4. The zero-order valence-corrected chi connectivity index (χ0v) is 17.2. The van der Waals surface area contributed by atoms with Gasteiger partial charge in [-0.05, 0) is 53.6 Å². The number of fused-ring (bicyclic) bond motifs is 1. The molecule has 0 saturated heterocycles. The van der Waals surface area contributed by atoms with E-state index in [4.69, 9.17) is 14.2 Å². The van der Waals surface area contributed by atoms with Crippen molar-refractivity contribution in [3.05, 3.63) is 65.2 Å². The Bertz CT molecular complexity index is 1150. The molecule has 0 aliphatic carbocycles. The highest BCUT2D eigenvalue weighted by molar-refractivity contribution is 5.77. The fourth-order valence-corrected chi connectivity index (χ4v) is 3.42. The average Bonchev–Trinajstić information content (AvgIpc) is 3.22. The molecule has 3 aromatic rings. The molecule has 1 aliphatic rings. The molecule has 0 amide bonds. The lowest BCUT2D eigenvalue weighted by molar-refractivity contribution is -0.145. The molecule has 0 radical (unpaired) electrons. The van der Waals surface area contributed by atoms with E-state index in [1.54, 1.807) is 18.2 Å². The van der Waals surface area contributed by atoms with Crippen LogP contribution in [0.5, 0.6) is 17.2 Å². The Kier molecular flexibility index (Phi) is 5.41. The first-order valence-electron chi connectivity index (χ1n) is 9.33. The van der Waals surface area contributed by atoms with Gasteiger partial charge in [-0.1, -0.05) is 0 Å². The molecule has 0 bridgehead atoms. The topological polar surface area (TPSA) is 70.4 Å². The molecule has 0 fully saturated rings. The zero-order valence-electron chi connectivity index (χ0n) is 17.2. The first-order valence-corrected chi connectivity index (χ1v) is 9.33. The smallest absolute Gasteiger partial charge is 0.453 e. The van der Waals surface area contributed by atoms with E-state index in [1.807, 2.05) is 0 Å². The third kappa shape index (κ3) is 3.81. The number of ether oxygens (including phenoxy) is 3. The second-order valence-corrected chi connectivity index (χ2v) is 6.82. The van der Waals surface area contributed by atoms with E-state index >= 15 is 0 Å². The Labute approximate surface area is 180 Å². The van der Waals surface area contributed by atoms with Crippen LogP contribution >= 0.6 is 0 Å². The van der Waals surface area contributed by atoms with E-state index in [1.165, 1.54) is 45.6 Å². The summed E-state index contributed by atoms with van der Waals surface area (Å²) in [6.07, 6.45) is -3.07. The van der Waals surface area contributed by atoms with E-state index in [-0.39, 0.29) is 5.95 Å². The molecule has 4 rings (SSSR count). The highest BCUT2D eigenvalue weighted by Crippen LogP contribution is 2.43. The molecule has 11 heteroatoms. The predicted molar refractivity (Wildman–Crippen MR) is 107 cm³/mol. The number of benzene rings is 2. The molecule has 1 atom stereocenters. The summed E-state index contributed by atoms with van der Waals surface area (Å²) in [5, 5.41) is 6.52. The summed E-state index contributed by atoms with van der Waals surface area (Å²) >= 11 is 0. The predicted octanol–water partition coefficient (Wildman–Crippen LogP) is 4.52. The van der Waals surface area contributed by atoms with Gasteiger partial charge < -0.3 is 19.5 Å². The van der Waals surface area contributed by atoms with Crippen molar-refractivity contribution >= 4 is 11.6 Å². The summed E-state index contributed by atoms with van der Waals surface area (Å²) < 4.78 is 70.5. The third-order valence-electron chi connectivity index (χ3n) is 4.90. The summed E-state index contributed by atoms with van der Waals surface area (Å²) in [6.45, 7) is 0. The van der Waals surface area contributed by atoms with E-state index in [2.05, 4.69) is 15.4 Å². The van der Waals surface area contributed by atoms with Crippen LogP contribution in [0.25, 0.3) is 5.70 Å². The Morgan fingerprint density at radius 3 is 2.12 bits per heavy atom. The van der Waals surface area contributed by atoms with Crippen LogP contribution in [-0.2, 0) is 6.18 Å². The molecule has 1 aliphatic heterocycles. The minimum Gasteiger partial charge on any atom is -0.493 e. The average molecular weight is 450 g/mol. The van der Waals surface area contributed by atoms with E-state index in [0.717, 1.165) is 4.68 Å². The molecule has 2 heterocycles. The van der Waals surface area contributed by atoms with Gasteiger partial charge in [0.1, 0.15) is 11.9 Å². The van der Waals surface area contributed by atoms with Gasteiger partial charge in [0, 0.05) is 5.70 Å². The molecule has 168 valence electrons. The van der Waals surface area contributed by atoms with Gasteiger partial charge in [0.05, 0.1) is 21.3 Å². The van der Waals surface area contributed by atoms with Crippen molar-refractivity contribution in [2.75, 3.05) is 26.6 Å². The Morgan fingerprint density at radius 1 is 0.969 bits per heavy atom. The quantitative estimate of drug-likeness (QED) is 0.577. The first kappa shape index (κ1) is 21.5. The molecule has 1 aromatic heterocycles. The van der Waals surface area contributed by atoms with Gasteiger partial charge in [0.25, 0.3) is 5.82 Å². The normalized spacial score (nSPS) is 15.5. The number of anilines is 1. The number of halogens is 4. The summed E-state index contributed by atoms with van der Waals surface area (Å²) in [4.78, 5) is 3.62. The zero-order chi connectivity index (χ0) is 23.0. The van der Waals surface area contributed by atoms with E-state index in [0.29, 0.717) is 34.1 Å². The van der Waals surface area contributed by atoms with Gasteiger partial charge in [-0.3, -0.25) is 0 Å².